The lowest BCUT2D eigenvalue weighted by molar-refractivity contribution is 0.447. The van der Waals surface area contributed by atoms with Gasteiger partial charge in [0, 0.05) is 3.58 Å². The minimum absolute atomic E-state index is 0.661. The summed E-state index contributed by atoms with van der Waals surface area (Å²) in [4.78, 5) is 0. The summed E-state index contributed by atoms with van der Waals surface area (Å²) in [6.07, 6.45) is 13.3. The van der Waals surface area contributed by atoms with E-state index >= 15 is 0 Å². The molecule has 84 valence electrons. The molecule has 0 amide bonds. The largest absolute Gasteiger partial charge is 0.110 e. The number of rotatable bonds is 3. The molecular weight excluding hydrogens is 314 g/mol. The van der Waals surface area contributed by atoms with Crippen LogP contribution in [0.5, 0.6) is 0 Å². The number of allylic oxidation sites excluding steroid dienone is 6. The van der Waals surface area contributed by atoms with Crippen LogP contribution in [0.25, 0.3) is 0 Å². The molecule has 0 bridgehead atoms. The Balaban J connectivity index is 2.60. The molecule has 1 rings (SSSR count). The average Bonchev–Trinajstić information content (AvgIpc) is 2.17. The maximum atomic E-state index is 2.73. The minimum atomic E-state index is 0.661. The van der Waals surface area contributed by atoms with Gasteiger partial charge >= 0.3 is 0 Å². The normalized spacial score (nSPS) is 25.5. The Morgan fingerprint density at radius 1 is 1.60 bits per heavy atom. The molecule has 0 radical (unpaired) electrons. The summed E-state index contributed by atoms with van der Waals surface area (Å²) in [5, 5.41) is 1.29. The average molecular weight is 334 g/mol. The minimum Gasteiger partial charge on any atom is -0.110 e. The van der Waals surface area contributed by atoms with Crippen molar-refractivity contribution in [2.75, 3.05) is 0 Å². The number of halogens is 1. The molecule has 0 N–H and O–H groups in total. The summed E-state index contributed by atoms with van der Waals surface area (Å²) < 4.78 is 1.35. The molecule has 0 aromatic carbocycles. The molecule has 0 spiro atoms. The molecule has 0 aromatic rings. The molecule has 0 heterocycles. The van der Waals surface area contributed by atoms with Crippen molar-refractivity contribution in [3.05, 3.63) is 33.2 Å². The molecule has 0 aromatic heterocycles. The van der Waals surface area contributed by atoms with Gasteiger partial charge in [0.25, 0.3) is 0 Å². The van der Waals surface area contributed by atoms with Crippen molar-refractivity contribution in [3.63, 3.8) is 0 Å². The van der Waals surface area contributed by atoms with E-state index in [-0.39, 0.29) is 0 Å². The van der Waals surface area contributed by atoms with Crippen molar-refractivity contribution in [1.82, 2.24) is 0 Å². The molecule has 0 saturated carbocycles. The van der Waals surface area contributed by atoms with Crippen molar-refractivity contribution >= 4 is 31.8 Å². The van der Waals surface area contributed by atoms with Crippen molar-refractivity contribution in [1.29, 1.82) is 0 Å². The third-order valence-corrected chi connectivity index (χ3v) is 3.59. The Bertz CT molecular complexity index is 285. The first-order valence-electron chi connectivity index (χ1n) is 5.57. The van der Waals surface area contributed by atoms with E-state index in [1.165, 1.54) is 28.2 Å². The Morgan fingerprint density at radius 3 is 2.87 bits per heavy atom. The summed E-state index contributed by atoms with van der Waals surface area (Å²) >= 11 is 2.42. The van der Waals surface area contributed by atoms with Crippen LogP contribution in [0.2, 0.25) is 0 Å². The predicted octanol–water partition coefficient (Wildman–Crippen LogP) is 5.08. The molecule has 0 fully saturated rings. The summed E-state index contributed by atoms with van der Waals surface area (Å²) in [6.45, 7) is 4.44. The zero-order valence-electron chi connectivity index (χ0n) is 9.54. The van der Waals surface area contributed by atoms with Gasteiger partial charge in [0.1, 0.15) is 0 Å². The Kier molecular flexibility index (Phi) is 6.14. The van der Waals surface area contributed by atoms with E-state index in [9.17, 15) is 0 Å². The second-order valence-corrected chi connectivity index (χ2v) is 6.48. The second-order valence-electron chi connectivity index (χ2n) is 4.32. The van der Waals surface area contributed by atoms with Gasteiger partial charge in [-0.1, -0.05) is 30.5 Å². The monoisotopic (exact) mass is 334 g/mol. The van der Waals surface area contributed by atoms with Crippen LogP contribution >= 0.6 is 31.8 Å². The SMILES string of the molecule is C/C(P)=C\C(I)=C/C(C)C1C=CCCC1. The Hall–Kier alpha value is 0.380. The van der Waals surface area contributed by atoms with Gasteiger partial charge in [0.05, 0.1) is 0 Å². The zero-order valence-corrected chi connectivity index (χ0v) is 12.9. The van der Waals surface area contributed by atoms with Gasteiger partial charge in [-0.2, -0.15) is 0 Å². The standard InChI is InChI=1S/C13H20IP/c1-10(8-13(14)9-11(2)15)12-6-4-3-5-7-12/h4,6,8-10,12H,3,5,7,15H2,1-2H3/b11-9+,13-8+. The van der Waals surface area contributed by atoms with Crippen LogP contribution in [0, 0.1) is 11.8 Å². The summed E-state index contributed by atoms with van der Waals surface area (Å²) in [7, 11) is 2.73. The smallest absolute Gasteiger partial charge is 0.00957 e. The highest BCUT2D eigenvalue weighted by molar-refractivity contribution is 14.1. The molecule has 15 heavy (non-hydrogen) atoms. The van der Waals surface area contributed by atoms with Crippen LogP contribution in [0.3, 0.4) is 0 Å². The maximum absolute atomic E-state index is 2.73. The van der Waals surface area contributed by atoms with Crippen LogP contribution in [-0.4, -0.2) is 0 Å². The first-order chi connectivity index (χ1) is 7.09. The van der Waals surface area contributed by atoms with E-state index in [1.807, 2.05) is 0 Å². The van der Waals surface area contributed by atoms with E-state index in [4.69, 9.17) is 0 Å². The first kappa shape index (κ1) is 13.4. The number of hydrogen-bond acceptors (Lipinski definition) is 0. The molecule has 0 saturated heterocycles. The van der Waals surface area contributed by atoms with Crippen LogP contribution in [0.1, 0.15) is 33.1 Å². The lowest BCUT2D eigenvalue weighted by atomic mass is 9.85. The molecule has 1 aliphatic rings. The lowest BCUT2D eigenvalue weighted by Crippen LogP contribution is -2.09. The first-order valence-corrected chi connectivity index (χ1v) is 7.23. The molecule has 0 nitrogen and oxygen atoms in total. The van der Waals surface area contributed by atoms with Crippen LogP contribution < -0.4 is 0 Å². The van der Waals surface area contributed by atoms with Gasteiger partial charge in [0.15, 0.2) is 0 Å². The molecule has 1 aliphatic carbocycles. The third-order valence-electron chi connectivity index (χ3n) is 2.75. The molecule has 0 aliphatic heterocycles. The van der Waals surface area contributed by atoms with Gasteiger partial charge in [-0.3, -0.25) is 0 Å². The summed E-state index contributed by atoms with van der Waals surface area (Å²) in [5.74, 6) is 1.41. The second kappa shape index (κ2) is 6.85. The van der Waals surface area contributed by atoms with E-state index < -0.39 is 0 Å². The van der Waals surface area contributed by atoms with Gasteiger partial charge < -0.3 is 0 Å². The zero-order chi connectivity index (χ0) is 11.3. The van der Waals surface area contributed by atoms with Crippen LogP contribution in [0.15, 0.2) is 33.2 Å². The van der Waals surface area contributed by atoms with Crippen LogP contribution in [-0.2, 0) is 0 Å². The molecule has 3 atom stereocenters. The molecule has 2 heteroatoms. The van der Waals surface area contributed by atoms with Crippen molar-refractivity contribution < 1.29 is 0 Å². The fourth-order valence-electron chi connectivity index (χ4n) is 1.92. The van der Waals surface area contributed by atoms with Crippen molar-refractivity contribution in [2.45, 2.75) is 33.1 Å². The number of hydrogen-bond donors (Lipinski definition) is 0. The van der Waals surface area contributed by atoms with Crippen molar-refractivity contribution in [3.8, 4) is 0 Å². The van der Waals surface area contributed by atoms with Gasteiger partial charge in [-0.15, -0.1) is 9.24 Å². The summed E-state index contributed by atoms with van der Waals surface area (Å²) in [6, 6.07) is 0. The highest BCUT2D eigenvalue weighted by atomic mass is 127. The third kappa shape index (κ3) is 5.31. The van der Waals surface area contributed by atoms with Crippen molar-refractivity contribution in [2.24, 2.45) is 11.8 Å². The van der Waals surface area contributed by atoms with E-state index in [0.29, 0.717) is 5.92 Å². The topological polar surface area (TPSA) is 0 Å². The van der Waals surface area contributed by atoms with E-state index in [0.717, 1.165) is 5.92 Å². The molecular formula is C13H20IP. The van der Waals surface area contributed by atoms with Crippen LogP contribution in [0.4, 0.5) is 0 Å². The van der Waals surface area contributed by atoms with E-state index in [2.05, 4.69) is 70.0 Å². The summed E-state index contributed by atoms with van der Waals surface area (Å²) in [5.41, 5.74) is 0. The fraction of sp³-hybridized carbons (Fsp3) is 0.538. The predicted molar refractivity (Wildman–Crippen MR) is 81.2 cm³/mol. The van der Waals surface area contributed by atoms with E-state index in [1.54, 1.807) is 0 Å². The molecule has 3 unspecified atom stereocenters. The highest BCUT2D eigenvalue weighted by Gasteiger charge is 2.14. The lowest BCUT2D eigenvalue weighted by Gasteiger charge is -2.21. The van der Waals surface area contributed by atoms with Gasteiger partial charge in [0.2, 0.25) is 0 Å². The Morgan fingerprint density at radius 2 is 2.33 bits per heavy atom. The fourth-order valence-corrected chi connectivity index (χ4v) is 3.49. The Labute approximate surface area is 110 Å². The quantitative estimate of drug-likeness (QED) is 0.292. The van der Waals surface area contributed by atoms with Gasteiger partial charge in [-0.25, -0.2) is 0 Å². The maximum Gasteiger partial charge on any atom is 0.00957 e. The van der Waals surface area contributed by atoms with Gasteiger partial charge in [-0.05, 0) is 66.7 Å². The highest BCUT2D eigenvalue weighted by Crippen LogP contribution is 2.28.